The lowest BCUT2D eigenvalue weighted by Gasteiger charge is -2.11. The number of phenols is 1. The van der Waals surface area contributed by atoms with Gasteiger partial charge in [-0.25, -0.2) is 0 Å². The molecule has 1 amide bonds. The first-order valence-corrected chi connectivity index (χ1v) is 5.97. The van der Waals surface area contributed by atoms with Gasteiger partial charge in [-0.05, 0) is 17.7 Å². The van der Waals surface area contributed by atoms with E-state index in [4.69, 9.17) is 0 Å². The van der Waals surface area contributed by atoms with Gasteiger partial charge in [-0.1, -0.05) is 42.5 Å². The van der Waals surface area contributed by atoms with Crippen molar-refractivity contribution in [2.24, 2.45) is 0 Å². The average Bonchev–Trinajstić information content (AvgIpc) is 2.42. The van der Waals surface area contributed by atoms with E-state index in [1.54, 1.807) is 42.5 Å². The van der Waals surface area contributed by atoms with Gasteiger partial charge in [-0.15, -0.1) is 0 Å². The van der Waals surface area contributed by atoms with Crippen LogP contribution < -0.4 is 5.32 Å². The lowest BCUT2D eigenvalue weighted by atomic mass is 10.1. The summed E-state index contributed by atoms with van der Waals surface area (Å²) in [6.07, 6.45) is -0.912. The zero-order valence-electron chi connectivity index (χ0n) is 10.3. The van der Waals surface area contributed by atoms with Crippen LogP contribution in [0, 0.1) is 0 Å². The van der Waals surface area contributed by atoms with E-state index in [1.165, 1.54) is 6.07 Å². The molecule has 0 spiro atoms. The van der Waals surface area contributed by atoms with Crippen LogP contribution in [0.2, 0.25) is 0 Å². The second-order valence-electron chi connectivity index (χ2n) is 4.20. The van der Waals surface area contributed by atoms with Crippen molar-refractivity contribution >= 4 is 11.6 Å². The van der Waals surface area contributed by atoms with Gasteiger partial charge in [-0.3, -0.25) is 4.79 Å². The molecule has 2 aromatic rings. The number of nitrogens with one attached hydrogen (secondary N) is 1. The van der Waals surface area contributed by atoms with Crippen LogP contribution >= 0.6 is 0 Å². The Morgan fingerprint density at radius 3 is 2.37 bits per heavy atom. The third-order valence-corrected chi connectivity index (χ3v) is 2.74. The minimum atomic E-state index is -0.855. The SMILES string of the molecule is O=C(CC(O)c1ccccc1)Nc1ccccc1O. The summed E-state index contributed by atoms with van der Waals surface area (Å²) in [5, 5.41) is 22.0. The average molecular weight is 257 g/mol. The molecule has 2 aromatic carbocycles. The van der Waals surface area contributed by atoms with Crippen LogP contribution in [0.4, 0.5) is 5.69 Å². The number of benzene rings is 2. The highest BCUT2D eigenvalue weighted by Crippen LogP contribution is 2.23. The van der Waals surface area contributed by atoms with Gasteiger partial charge >= 0.3 is 0 Å². The first-order valence-electron chi connectivity index (χ1n) is 5.97. The summed E-state index contributed by atoms with van der Waals surface area (Å²) in [5.74, 6) is -0.345. The van der Waals surface area contributed by atoms with Crippen LogP contribution in [-0.2, 0) is 4.79 Å². The summed E-state index contributed by atoms with van der Waals surface area (Å²) in [6.45, 7) is 0. The molecule has 0 aromatic heterocycles. The van der Waals surface area contributed by atoms with Gasteiger partial charge in [0.05, 0.1) is 18.2 Å². The summed E-state index contributed by atoms with van der Waals surface area (Å²) in [6, 6.07) is 15.4. The standard InChI is InChI=1S/C15H15NO3/c17-13-9-5-4-8-12(13)16-15(19)10-14(18)11-6-2-1-3-7-11/h1-9,14,17-18H,10H2,(H,16,19). The number of carbonyl (C=O) groups is 1. The van der Waals surface area contributed by atoms with Crippen molar-refractivity contribution in [3.63, 3.8) is 0 Å². The predicted octanol–water partition coefficient (Wildman–Crippen LogP) is 2.45. The number of amides is 1. The Morgan fingerprint density at radius 2 is 1.68 bits per heavy atom. The van der Waals surface area contributed by atoms with Gasteiger partial charge in [0.15, 0.2) is 0 Å². The van der Waals surface area contributed by atoms with Crippen LogP contribution in [0.5, 0.6) is 5.75 Å². The molecule has 4 nitrogen and oxygen atoms in total. The zero-order chi connectivity index (χ0) is 13.7. The summed E-state index contributed by atoms with van der Waals surface area (Å²) < 4.78 is 0. The quantitative estimate of drug-likeness (QED) is 0.737. The number of carbonyl (C=O) groups excluding carboxylic acids is 1. The van der Waals surface area contributed by atoms with Crippen LogP contribution in [0.15, 0.2) is 54.6 Å². The molecule has 4 heteroatoms. The Labute approximate surface area is 111 Å². The number of phenolic OH excluding ortho intramolecular Hbond substituents is 1. The highest BCUT2D eigenvalue weighted by Gasteiger charge is 2.13. The Hall–Kier alpha value is -2.33. The van der Waals surface area contributed by atoms with E-state index in [2.05, 4.69) is 5.32 Å². The third-order valence-electron chi connectivity index (χ3n) is 2.74. The van der Waals surface area contributed by atoms with Crippen LogP contribution in [0.1, 0.15) is 18.1 Å². The Balaban J connectivity index is 1.97. The summed E-state index contributed by atoms with van der Waals surface area (Å²) in [4.78, 5) is 11.8. The third kappa shape index (κ3) is 3.56. The number of aliphatic hydroxyl groups is 1. The van der Waals surface area contributed by atoms with Crippen molar-refractivity contribution in [1.82, 2.24) is 0 Å². The van der Waals surface area contributed by atoms with E-state index in [0.717, 1.165) is 0 Å². The maximum absolute atomic E-state index is 11.8. The van der Waals surface area contributed by atoms with Crippen LogP contribution in [-0.4, -0.2) is 16.1 Å². The van der Waals surface area contributed by atoms with Gasteiger partial charge in [0.2, 0.25) is 5.91 Å². The smallest absolute Gasteiger partial charge is 0.227 e. The predicted molar refractivity (Wildman–Crippen MR) is 72.8 cm³/mol. The van der Waals surface area contributed by atoms with E-state index in [1.807, 2.05) is 6.07 Å². The van der Waals surface area contributed by atoms with Gasteiger partial charge in [-0.2, -0.15) is 0 Å². The summed E-state index contributed by atoms with van der Waals surface area (Å²) in [5.41, 5.74) is 1.03. The molecule has 0 aliphatic rings. The summed E-state index contributed by atoms with van der Waals surface area (Å²) >= 11 is 0. The fraction of sp³-hybridized carbons (Fsp3) is 0.133. The molecule has 0 radical (unpaired) electrons. The number of hydrogen-bond acceptors (Lipinski definition) is 3. The Kier molecular flexibility index (Phi) is 4.15. The van der Waals surface area contributed by atoms with Crippen molar-refractivity contribution in [2.75, 3.05) is 5.32 Å². The molecular formula is C15H15NO3. The van der Waals surface area contributed by atoms with Gasteiger partial charge in [0.1, 0.15) is 5.75 Å². The van der Waals surface area contributed by atoms with Crippen molar-refractivity contribution in [3.8, 4) is 5.75 Å². The van der Waals surface area contributed by atoms with Gasteiger partial charge in [0.25, 0.3) is 0 Å². The van der Waals surface area contributed by atoms with Crippen LogP contribution in [0.3, 0.4) is 0 Å². The first kappa shape index (κ1) is 13.1. The second kappa shape index (κ2) is 6.02. The topological polar surface area (TPSA) is 69.6 Å². The first-order chi connectivity index (χ1) is 9.16. The maximum Gasteiger partial charge on any atom is 0.227 e. The Morgan fingerprint density at radius 1 is 1.05 bits per heavy atom. The maximum atomic E-state index is 11.8. The normalized spacial score (nSPS) is 11.8. The van der Waals surface area contributed by atoms with E-state index < -0.39 is 6.10 Å². The minimum Gasteiger partial charge on any atom is -0.506 e. The molecule has 1 unspecified atom stereocenters. The molecule has 1 atom stereocenters. The van der Waals surface area contributed by atoms with E-state index >= 15 is 0 Å². The van der Waals surface area contributed by atoms with Crippen LogP contribution in [0.25, 0.3) is 0 Å². The molecule has 0 fully saturated rings. The molecule has 0 aliphatic carbocycles. The highest BCUT2D eigenvalue weighted by molar-refractivity contribution is 5.92. The van der Waals surface area contributed by atoms with E-state index in [9.17, 15) is 15.0 Å². The molecule has 0 aliphatic heterocycles. The van der Waals surface area contributed by atoms with Crippen molar-refractivity contribution < 1.29 is 15.0 Å². The molecular weight excluding hydrogens is 242 g/mol. The number of rotatable bonds is 4. The number of hydrogen-bond donors (Lipinski definition) is 3. The Bertz CT molecular complexity index is 554. The largest absolute Gasteiger partial charge is 0.506 e. The fourth-order valence-electron chi connectivity index (χ4n) is 1.75. The molecule has 0 saturated carbocycles. The highest BCUT2D eigenvalue weighted by atomic mass is 16.3. The molecule has 2 rings (SSSR count). The zero-order valence-corrected chi connectivity index (χ0v) is 10.3. The van der Waals surface area contributed by atoms with Crippen molar-refractivity contribution in [3.05, 3.63) is 60.2 Å². The lowest BCUT2D eigenvalue weighted by molar-refractivity contribution is -0.118. The van der Waals surface area contributed by atoms with Crippen molar-refractivity contribution in [1.29, 1.82) is 0 Å². The molecule has 3 N–H and O–H groups in total. The van der Waals surface area contributed by atoms with Gasteiger partial charge < -0.3 is 15.5 Å². The van der Waals surface area contributed by atoms with E-state index in [-0.39, 0.29) is 18.1 Å². The lowest BCUT2D eigenvalue weighted by Crippen LogP contribution is -2.15. The fourth-order valence-corrected chi connectivity index (χ4v) is 1.75. The number of aromatic hydroxyl groups is 1. The van der Waals surface area contributed by atoms with Gasteiger partial charge in [0, 0.05) is 0 Å². The molecule has 0 saturated heterocycles. The van der Waals surface area contributed by atoms with Crippen molar-refractivity contribution in [2.45, 2.75) is 12.5 Å². The number of para-hydroxylation sites is 2. The number of anilines is 1. The van der Waals surface area contributed by atoms with E-state index in [0.29, 0.717) is 11.3 Å². The minimum absolute atomic E-state index is 0.00468. The molecule has 0 heterocycles. The monoisotopic (exact) mass is 257 g/mol. The molecule has 19 heavy (non-hydrogen) atoms. The molecule has 0 bridgehead atoms. The summed E-state index contributed by atoms with van der Waals surface area (Å²) in [7, 11) is 0. The molecule has 98 valence electrons. The number of aliphatic hydroxyl groups excluding tert-OH is 1. The second-order valence-corrected chi connectivity index (χ2v) is 4.20.